The van der Waals surface area contributed by atoms with E-state index in [2.05, 4.69) is 60.7 Å². The van der Waals surface area contributed by atoms with Crippen LogP contribution in [-0.2, 0) is 0 Å². The highest BCUT2D eigenvalue weighted by Crippen LogP contribution is 2.39. The van der Waals surface area contributed by atoms with E-state index >= 15 is 0 Å². The third kappa shape index (κ3) is 2.38. The molecule has 0 aliphatic carbocycles. The van der Waals surface area contributed by atoms with Crippen LogP contribution in [0, 0.1) is 0 Å². The van der Waals surface area contributed by atoms with Crippen molar-refractivity contribution < 1.29 is 4.42 Å². The molecule has 0 bridgehead atoms. The van der Waals surface area contributed by atoms with Gasteiger partial charge in [-0.15, -0.1) is 11.3 Å². The molecule has 2 aromatic carbocycles. The van der Waals surface area contributed by atoms with E-state index in [-0.39, 0.29) is 0 Å². The lowest BCUT2D eigenvalue weighted by molar-refractivity contribution is 0.569. The molecule has 0 radical (unpaired) electrons. The molecule has 0 unspecified atom stereocenters. The fourth-order valence-electron chi connectivity index (χ4n) is 2.57. The Morgan fingerprint density at radius 2 is 1.14 bits per heavy atom. The molecular weight excluding hydrogens is 288 g/mol. The molecular formula is C20H14OS. The summed E-state index contributed by atoms with van der Waals surface area (Å²) < 4.78 is 5.48. The van der Waals surface area contributed by atoms with Gasteiger partial charge in [0.25, 0.3) is 0 Å². The molecule has 2 heterocycles. The first-order valence-electron chi connectivity index (χ1n) is 7.19. The molecule has 0 atom stereocenters. The SMILES string of the molecule is c1ccc(-c2ccc(-c3cocc3-c3ccccc3)s2)cc1. The molecule has 0 saturated carbocycles. The Morgan fingerprint density at radius 1 is 0.545 bits per heavy atom. The van der Waals surface area contributed by atoms with Gasteiger partial charge < -0.3 is 4.42 Å². The number of rotatable bonds is 3. The smallest absolute Gasteiger partial charge is 0.0995 e. The maximum Gasteiger partial charge on any atom is 0.0995 e. The molecule has 4 rings (SSSR count). The Balaban J connectivity index is 1.76. The second-order valence-electron chi connectivity index (χ2n) is 5.10. The highest BCUT2D eigenvalue weighted by atomic mass is 32.1. The van der Waals surface area contributed by atoms with E-state index in [9.17, 15) is 0 Å². The van der Waals surface area contributed by atoms with E-state index in [1.165, 1.54) is 20.9 Å². The lowest BCUT2D eigenvalue weighted by Gasteiger charge is -2.00. The summed E-state index contributed by atoms with van der Waals surface area (Å²) in [6.07, 6.45) is 3.66. The standard InChI is InChI=1S/C20H14OS/c1-3-7-15(8-4-1)17-13-21-14-18(17)20-12-11-19(22-20)16-9-5-2-6-10-16/h1-14H. The van der Waals surface area contributed by atoms with Crippen LogP contribution >= 0.6 is 11.3 Å². The van der Waals surface area contributed by atoms with E-state index in [0.29, 0.717) is 0 Å². The van der Waals surface area contributed by atoms with E-state index < -0.39 is 0 Å². The number of hydrogen-bond donors (Lipinski definition) is 0. The van der Waals surface area contributed by atoms with Crippen LogP contribution in [0.2, 0.25) is 0 Å². The fourth-order valence-corrected chi connectivity index (χ4v) is 3.60. The predicted molar refractivity (Wildman–Crippen MR) is 92.9 cm³/mol. The largest absolute Gasteiger partial charge is 0.471 e. The predicted octanol–water partition coefficient (Wildman–Crippen LogP) is 6.34. The number of furan rings is 1. The summed E-state index contributed by atoms with van der Waals surface area (Å²) in [5.74, 6) is 0. The van der Waals surface area contributed by atoms with Crippen molar-refractivity contribution in [3.63, 3.8) is 0 Å². The Morgan fingerprint density at radius 3 is 1.86 bits per heavy atom. The van der Waals surface area contributed by atoms with Crippen molar-refractivity contribution >= 4 is 11.3 Å². The van der Waals surface area contributed by atoms with Gasteiger partial charge in [-0.25, -0.2) is 0 Å². The van der Waals surface area contributed by atoms with Gasteiger partial charge in [-0.05, 0) is 23.3 Å². The second kappa shape index (κ2) is 5.66. The quantitative estimate of drug-likeness (QED) is 0.430. The molecule has 0 aliphatic rings. The van der Waals surface area contributed by atoms with Gasteiger partial charge in [-0.1, -0.05) is 60.7 Å². The molecule has 0 aliphatic heterocycles. The van der Waals surface area contributed by atoms with Gasteiger partial charge in [0.2, 0.25) is 0 Å². The molecule has 0 saturated heterocycles. The van der Waals surface area contributed by atoms with Crippen LogP contribution in [0.5, 0.6) is 0 Å². The molecule has 0 amide bonds. The zero-order valence-corrected chi connectivity index (χ0v) is 12.7. The van der Waals surface area contributed by atoms with E-state index in [1.807, 2.05) is 24.7 Å². The Kier molecular flexibility index (Phi) is 3.37. The molecule has 2 heteroatoms. The average molecular weight is 302 g/mol. The van der Waals surface area contributed by atoms with Gasteiger partial charge in [-0.2, -0.15) is 0 Å². The van der Waals surface area contributed by atoms with Crippen molar-refractivity contribution in [1.82, 2.24) is 0 Å². The Labute approximate surface area is 133 Å². The van der Waals surface area contributed by atoms with Crippen LogP contribution in [0.25, 0.3) is 32.0 Å². The lowest BCUT2D eigenvalue weighted by Crippen LogP contribution is -1.76. The first-order chi connectivity index (χ1) is 10.9. The molecule has 0 spiro atoms. The van der Waals surface area contributed by atoms with E-state index in [1.54, 1.807) is 11.3 Å². The summed E-state index contributed by atoms with van der Waals surface area (Å²) in [5, 5.41) is 0. The molecule has 106 valence electrons. The van der Waals surface area contributed by atoms with Crippen molar-refractivity contribution in [2.75, 3.05) is 0 Å². The molecule has 2 aromatic heterocycles. The molecule has 22 heavy (non-hydrogen) atoms. The summed E-state index contributed by atoms with van der Waals surface area (Å²) in [6.45, 7) is 0. The molecule has 0 N–H and O–H groups in total. The van der Waals surface area contributed by atoms with Crippen LogP contribution in [0.4, 0.5) is 0 Å². The first-order valence-corrected chi connectivity index (χ1v) is 8.01. The summed E-state index contributed by atoms with van der Waals surface area (Å²) in [6, 6.07) is 25.2. The van der Waals surface area contributed by atoms with E-state index in [0.717, 1.165) is 11.1 Å². The lowest BCUT2D eigenvalue weighted by atomic mass is 10.0. The maximum absolute atomic E-state index is 5.48. The van der Waals surface area contributed by atoms with Gasteiger partial charge in [0.05, 0.1) is 12.5 Å². The van der Waals surface area contributed by atoms with Crippen LogP contribution in [-0.4, -0.2) is 0 Å². The number of benzene rings is 2. The zero-order chi connectivity index (χ0) is 14.8. The third-order valence-corrected chi connectivity index (χ3v) is 4.84. The van der Waals surface area contributed by atoms with Gasteiger partial charge in [0.15, 0.2) is 0 Å². The van der Waals surface area contributed by atoms with E-state index in [4.69, 9.17) is 4.42 Å². The summed E-state index contributed by atoms with van der Waals surface area (Å²) in [4.78, 5) is 2.50. The maximum atomic E-state index is 5.48. The highest BCUT2D eigenvalue weighted by Gasteiger charge is 2.12. The minimum Gasteiger partial charge on any atom is -0.471 e. The first kappa shape index (κ1) is 13.1. The molecule has 4 aromatic rings. The minimum absolute atomic E-state index is 1.14. The normalized spacial score (nSPS) is 10.7. The monoisotopic (exact) mass is 302 g/mol. The summed E-state index contributed by atoms with van der Waals surface area (Å²) in [7, 11) is 0. The van der Waals surface area contributed by atoms with Crippen molar-refractivity contribution in [2.24, 2.45) is 0 Å². The van der Waals surface area contributed by atoms with Crippen molar-refractivity contribution in [2.45, 2.75) is 0 Å². The van der Waals surface area contributed by atoms with Gasteiger partial charge in [0, 0.05) is 20.9 Å². The fraction of sp³-hybridized carbons (Fsp3) is 0. The zero-order valence-electron chi connectivity index (χ0n) is 11.9. The summed E-state index contributed by atoms with van der Waals surface area (Å²) in [5.41, 5.74) is 4.73. The van der Waals surface area contributed by atoms with Gasteiger partial charge >= 0.3 is 0 Å². The highest BCUT2D eigenvalue weighted by molar-refractivity contribution is 7.18. The van der Waals surface area contributed by atoms with Crippen molar-refractivity contribution in [3.05, 3.63) is 85.3 Å². The van der Waals surface area contributed by atoms with Crippen molar-refractivity contribution in [1.29, 1.82) is 0 Å². The molecule has 0 fully saturated rings. The Bertz CT molecular complexity index is 872. The number of hydrogen-bond acceptors (Lipinski definition) is 2. The number of thiophene rings is 1. The van der Waals surface area contributed by atoms with Crippen LogP contribution < -0.4 is 0 Å². The topological polar surface area (TPSA) is 13.1 Å². The molecule has 1 nitrogen and oxygen atoms in total. The minimum atomic E-state index is 1.14. The van der Waals surface area contributed by atoms with Gasteiger partial charge in [0.1, 0.15) is 0 Å². The van der Waals surface area contributed by atoms with Crippen LogP contribution in [0.1, 0.15) is 0 Å². The van der Waals surface area contributed by atoms with Crippen LogP contribution in [0.3, 0.4) is 0 Å². The second-order valence-corrected chi connectivity index (χ2v) is 6.18. The van der Waals surface area contributed by atoms with Gasteiger partial charge in [-0.3, -0.25) is 0 Å². The third-order valence-electron chi connectivity index (χ3n) is 3.68. The average Bonchev–Trinajstić information content (AvgIpc) is 3.25. The Hall–Kier alpha value is -2.58. The summed E-state index contributed by atoms with van der Waals surface area (Å²) >= 11 is 1.79. The van der Waals surface area contributed by atoms with Crippen molar-refractivity contribution in [3.8, 4) is 32.0 Å². The van der Waals surface area contributed by atoms with Crippen LogP contribution in [0.15, 0.2) is 89.7 Å².